The van der Waals surface area contributed by atoms with Gasteiger partial charge in [0.2, 0.25) is 5.91 Å². The summed E-state index contributed by atoms with van der Waals surface area (Å²) >= 11 is 0. The smallest absolute Gasteiger partial charge is 0.239 e. The lowest BCUT2D eigenvalue weighted by Gasteiger charge is -2.26. The second-order valence-electron chi connectivity index (χ2n) is 5.13. The molecule has 1 heterocycles. The number of benzene rings is 1. The Morgan fingerprint density at radius 1 is 1.47 bits per heavy atom. The van der Waals surface area contributed by atoms with Crippen LogP contribution in [0.25, 0.3) is 0 Å². The van der Waals surface area contributed by atoms with Gasteiger partial charge in [-0.05, 0) is 31.0 Å². The average molecular weight is 257 g/mol. The highest BCUT2D eigenvalue weighted by Crippen LogP contribution is 2.22. The summed E-state index contributed by atoms with van der Waals surface area (Å²) in [5.41, 5.74) is 1.70. The molecule has 4 nitrogen and oxygen atoms in total. The molecule has 0 radical (unpaired) electrons. The van der Waals surface area contributed by atoms with Crippen LogP contribution in [0.2, 0.25) is 0 Å². The van der Waals surface area contributed by atoms with E-state index in [2.05, 4.69) is 11.0 Å². The van der Waals surface area contributed by atoms with Crippen molar-refractivity contribution < 1.29 is 4.79 Å². The molecule has 19 heavy (non-hydrogen) atoms. The summed E-state index contributed by atoms with van der Waals surface area (Å²) in [6.07, 6.45) is 1.95. The number of carbonyl (C=O) groups is 1. The molecule has 1 aromatic rings. The Bertz CT molecular complexity index is 504. The number of nitriles is 1. The standard InChI is InChI=1S/C15H19N3O/c1-17(2)15(19)14-8-5-9-18(14)11-13-7-4-3-6-12(13)10-16/h3-4,6-7,14H,5,8-9,11H2,1-2H3. The fraction of sp³-hybridized carbons (Fsp3) is 0.467. The molecule has 100 valence electrons. The highest BCUT2D eigenvalue weighted by atomic mass is 16.2. The van der Waals surface area contributed by atoms with Gasteiger partial charge in [-0.15, -0.1) is 0 Å². The maximum atomic E-state index is 12.1. The van der Waals surface area contributed by atoms with Gasteiger partial charge >= 0.3 is 0 Å². The second-order valence-corrected chi connectivity index (χ2v) is 5.13. The maximum absolute atomic E-state index is 12.1. The zero-order valence-electron chi connectivity index (χ0n) is 11.5. The third-order valence-electron chi connectivity index (χ3n) is 3.60. The van der Waals surface area contributed by atoms with Gasteiger partial charge in [-0.25, -0.2) is 0 Å². The van der Waals surface area contributed by atoms with Crippen molar-refractivity contribution in [2.24, 2.45) is 0 Å². The number of hydrogen-bond donors (Lipinski definition) is 0. The Labute approximate surface area is 114 Å². The number of carbonyl (C=O) groups excluding carboxylic acids is 1. The number of likely N-dealkylation sites (tertiary alicyclic amines) is 1. The predicted molar refractivity (Wildman–Crippen MR) is 73.3 cm³/mol. The maximum Gasteiger partial charge on any atom is 0.239 e. The van der Waals surface area contributed by atoms with Crippen LogP contribution >= 0.6 is 0 Å². The van der Waals surface area contributed by atoms with Crippen LogP contribution in [0.15, 0.2) is 24.3 Å². The molecule has 1 saturated heterocycles. The van der Waals surface area contributed by atoms with Crippen LogP contribution in [0.5, 0.6) is 0 Å². The quantitative estimate of drug-likeness (QED) is 0.826. The van der Waals surface area contributed by atoms with Gasteiger partial charge in [0.1, 0.15) is 0 Å². The van der Waals surface area contributed by atoms with E-state index in [0.29, 0.717) is 12.1 Å². The lowest BCUT2D eigenvalue weighted by molar-refractivity contribution is -0.133. The number of amides is 1. The molecule has 0 spiro atoms. The highest BCUT2D eigenvalue weighted by molar-refractivity contribution is 5.81. The molecule has 0 saturated carbocycles. The van der Waals surface area contributed by atoms with Crippen LogP contribution in [-0.2, 0) is 11.3 Å². The molecule has 1 aliphatic heterocycles. The fourth-order valence-electron chi connectivity index (χ4n) is 2.58. The molecule has 1 aliphatic rings. The first kappa shape index (κ1) is 13.6. The molecule has 1 amide bonds. The molecule has 4 heteroatoms. The van der Waals surface area contributed by atoms with E-state index in [-0.39, 0.29) is 11.9 Å². The Hall–Kier alpha value is -1.86. The van der Waals surface area contributed by atoms with Crippen molar-refractivity contribution >= 4 is 5.91 Å². The Morgan fingerprint density at radius 3 is 2.89 bits per heavy atom. The van der Waals surface area contributed by atoms with Gasteiger partial charge in [-0.1, -0.05) is 18.2 Å². The van der Waals surface area contributed by atoms with Crippen molar-refractivity contribution in [2.45, 2.75) is 25.4 Å². The molecule has 0 N–H and O–H groups in total. The van der Waals surface area contributed by atoms with Crippen LogP contribution in [0.3, 0.4) is 0 Å². The highest BCUT2D eigenvalue weighted by Gasteiger charge is 2.31. The van der Waals surface area contributed by atoms with E-state index >= 15 is 0 Å². The topological polar surface area (TPSA) is 47.3 Å². The summed E-state index contributed by atoms with van der Waals surface area (Å²) in [7, 11) is 3.59. The summed E-state index contributed by atoms with van der Waals surface area (Å²) in [5.74, 6) is 0.159. The minimum Gasteiger partial charge on any atom is -0.347 e. The van der Waals surface area contributed by atoms with Crippen molar-refractivity contribution in [3.63, 3.8) is 0 Å². The number of rotatable bonds is 3. The summed E-state index contributed by atoms with van der Waals surface area (Å²) in [6, 6.07) is 9.78. The molecule has 0 aliphatic carbocycles. The Kier molecular flexibility index (Phi) is 4.18. The van der Waals surface area contributed by atoms with Gasteiger partial charge in [0.05, 0.1) is 17.7 Å². The van der Waals surface area contributed by atoms with E-state index in [0.717, 1.165) is 24.9 Å². The van der Waals surface area contributed by atoms with Gasteiger partial charge in [0, 0.05) is 20.6 Å². The molecule has 1 aromatic carbocycles. The van der Waals surface area contributed by atoms with Crippen molar-refractivity contribution in [3.8, 4) is 6.07 Å². The molecule has 1 fully saturated rings. The van der Waals surface area contributed by atoms with Crippen molar-refractivity contribution in [1.29, 1.82) is 5.26 Å². The van der Waals surface area contributed by atoms with Crippen molar-refractivity contribution in [1.82, 2.24) is 9.80 Å². The molecular formula is C15H19N3O. The molecule has 1 unspecified atom stereocenters. The van der Waals surface area contributed by atoms with E-state index in [4.69, 9.17) is 5.26 Å². The first-order valence-corrected chi connectivity index (χ1v) is 6.56. The Balaban J connectivity index is 2.14. The van der Waals surface area contributed by atoms with Crippen molar-refractivity contribution in [3.05, 3.63) is 35.4 Å². The normalized spacial score (nSPS) is 19.1. The molecule has 0 aromatic heterocycles. The monoisotopic (exact) mass is 257 g/mol. The van der Waals surface area contributed by atoms with E-state index in [1.54, 1.807) is 19.0 Å². The fourth-order valence-corrected chi connectivity index (χ4v) is 2.58. The lowest BCUT2D eigenvalue weighted by atomic mass is 10.1. The first-order chi connectivity index (χ1) is 9.13. The van der Waals surface area contributed by atoms with Gasteiger partial charge in [0.15, 0.2) is 0 Å². The number of likely N-dealkylation sites (N-methyl/N-ethyl adjacent to an activating group) is 1. The van der Waals surface area contributed by atoms with Gasteiger partial charge in [-0.3, -0.25) is 9.69 Å². The summed E-state index contributed by atoms with van der Waals surface area (Å²) in [6.45, 7) is 1.60. The molecule has 0 bridgehead atoms. The van der Waals surface area contributed by atoms with E-state index < -0.39 is 0 Å². The van der Waals surface area contributed by atoms with Crippen LogP contribution in [0.1, 0.15) is 24.0 Å². The van der Waals surface area contributed by atoms with Crippen LogP contribution in [0, 0.1) is 11.3 Å². The summed E-state index contributed by atoms with van der Waals surface area (Å²) in [5, 5.41) is 9.11. The molecular weight excluding hydrogens is 238 g/mol. The zero-order valence-corrected chi connectivity index (χ0v) is 11.5. The second kappa shape index (κ2) is 5.85. The van der Waals surface area contributed by atoms with E-state index in [9.17, 15) is 4.79 Å². The van der Waals surface area contributed by atoms with Gasteiger partial charge in [-0.2, -0.15) is 5.26 Å². The third kappa shape index (κ3) is 2.94. The summed E-state index contributed by atoms with van der Waals surface area (Å²) in [4.78, 5) is 16.0. The number of hydrogen-bond acceptors (Lipinski definition) is 3. The third-order valence-corrected chi connectivity index (χ3v) is 3.60. The van der Waals surface area contributed by atoms with E-state index in [1.807, 2.05) is 24.3 Å². The average Bonchev–Trinajstić information content (AvgIpc) is 2.86. The molecule has 2 rings (SSSR count). The minimum absolute atomic E-state index is 0.0400. The lowest BCUT2D eigenvalue weighted by Crippen LogP contribution is -2.42. The number of nitrogens with zero attached hydrogens (tertiary/aromatic N) is 3. The first-order valence-electron chi connectivity index (χ1n) is 6.56. The SMILES string of the molecule is CN(C)C(=O)C1CCCN1Cc1ccccc1C#N. The molecule has 1 atom stereocenters. The van der Waals surface area contributed by atoms with Crippen LogP contribution in [-0.4, -0.2) is 42.4 Å². The Morgan fingerprint density at radius 2 is 2.21 bits per heavy atom. The van der Waals surface area contributed by atoms with Crippen molar-refractivity contribution in [2.75, 3.05) is 20.6 Å². The van der Waals surface area contributed by atoms with E-state index in [1.165, 1.54) is 0 Å². The zero-order chi connectivity index (χ0) is 13.8. The predicted octanol–water partition coefficient (Wildman–Crippen LogP) is 1.61. The minimum atomic E-state index is -0.0400. The summed E-state index contributed by atoms with van der Waals surface area (Å²) < 4.78 is 0. The van der Waals surface area contributed by atoms with Crippen LogP contribution in [0.4, 0.5) is 0 Å². The largest absolute Gasteiger partial charge is 0.347 e. The van der Waals surface area contributed by atoms with Crippen LogP contribution < -0.4 is 0 Å². The van der Waals surface area contributed by atoms with Gasteiger partial charge < -0.3 is 4.90 Å². The van der Waals surface area contributed by atoms with Gasteiger partial charge in [0.25, 0.3) is 0 Å².